The first kappa shape index (κ1) is 17.7. The number of imide groups is 1. The third-order valence-corrected chi connectivity index (χ3v) is 4.78. The molecule has 1 N–H and O–H groups in total. The molecule has 8 nitrogen and oxygen atoms in total. The van der Waals surface area contributed by atoms with Crippen molar-refractivity contribution in [2.24, 2.45) is 7.05 Å². The van der Waals surface area contributed by atoms with Gasteiger partial charge < -0.3 is 5.32 Å². The van der Waals surface area contributed by atoms with Crippen molar-refractivity contribution < 1.29 is 9.59 Å². The van der Waals surface area contributed by atoms with E-state index in [1.807, 2.05) is 25.1 Å². The van der Waals surface area contributed by atoms with Crippen molar-refractivity contribution in [1.82, 2.24) is 14.3 Å². The summed E-state index contributed by atoms with van der Waals surface area (Å²) in [6, 6.07) is 13.7. The molecule has 2 aromatic carbocycles. The second-order valence-electron chi connectivity index (χ2n) is 6.74. The number of carbonyl (C=O) groups is 2. The number of para-hydroxylation sites is 1. The summed E-state index contributed by atoms with van der Waals surface area (Å²) in [5.74, 6) is -0.502. The molecule has 2 amide bonds. The predicted molar refractivity (Wildman–Crippen MR) is 105 cm³/mol. The Balaban J connectivity index is 1.53. The fourth-order valence-electron chi connectivity index (χ4n) is 3.27. The summed E-state index contributed by atoms with van der Waals surface area (Å²) >= 11 is 0. The standard InChI is InChI=1S/C20H19N5O3/c1-13-5-3-4-6-17(13)24-18(26)11-16(19(24)27)22-14-7-9-15(10-8-14)25-20(28)23(2)12-21-25/h3-10,12,16,22H,11H2,1-2H3. The molecule has 4 rings (SSSR count). The smallest absolute Gasteiger partial charge is 0.350 e. The van der Waals surface area contributed by atoms with Gasteiger partial charge >= 0.3 is 5.69 Å². The zero-order valence-corrected chi connectivity index (χ0v) is 15.5. The Morgan fingerprint density at radius 3 is 2.39 bits per heavy atom. The first-order valence-electron chi connectivity index (χ1n) is 8.86. The molecule has 0 bridgehead atoms. The summed E-state index contributed by atoms with van der Waals surface area (Å²) < 4.78 is 2.67. The van der Waals surface area contributed by atoms with E-state index in [2.05, 4.69) is 10.4 Å². The highest BCUT2D eigenvalue weighted by atomic mass is 16.2. The van der Waals surface area contributed by atoms with E-state index in [1.54, 1.807) is 37.4 Å². The lowest BCUT2D eigenvalue weighted by molar-refractivity contribution is -0.121. The highest BCUT2D eigenvalue weighted by Gasteiger charge is 2.40. The van der Waals surface area contributed by atoms with Gasteiger partial charge in [0.15, 0.2) is 0 Å². The van der Waals surface area contributed by atoms with Crippen LogP contribution >= 0.6 is 0 Å². The third kappa shape index (κ3) is 2.98. The number of nitrogens with zero attached hydrogens (tertiary/aromatic N) is 4. The van der Waals surface area contributed by atoms with Crippen LogP contribution in [0.2, 0.25) is 0 Å². The van der Waals surface area contributed by atoms with Crippen molar-refractivity contribution in [2.45, 2.75) is 19.4 Å². The van der Waals surface area contributed by atoms with Crippen LogP contribution in [0.5, 0.6) is 0 Å². The van der Waals surface area contributed by atoms with Crippen LogP contribution in [0, 0.1) is 6.92 Å². The highest BCUT2D eigenvalue weighted by molar-refractivity contribution is 6.23. The molecule has 0 saturated carbocycles. The summed E-state index contributed by atoms with van der Waals surface area (Å²) in [4.78, 5) is 38.4. The lowest BCUT2D eigenvalue weighted by atomic mass is 10.2. The number of benzene rings is 2. The lowest BCUT2D eigenvalue weighted by Crippen LogP contribution is -2.35. The topological polar surface area (TPSA) is 89.2 Å². The third-order valence-electron chi connectivity index (χ3n) is 4.78. The van der Waals surface area contributed by atoms with E-state index >= 15 is 0 Å². The van der Waals surface area contributed by atoms with Gasteiger partial charge in [0.25, 0.3) is 5.91 Å². The van der Waals surface area contributed by atoms with Gasteiger partial charge in [-0.2, -0.15) is 9.78 Å². The summed E-state index contributed by atoms with van der Waals surface area (Å²) in [5, 5.41) is 7.15. The Morgan fingerprint density at radius 2 is 1.75 bits per heavy atom. The van der Waals surface area contributed by atoms with Crippen LogP contribution in [0.4, 0.5) is 11.4 Å². The molecule has 1 aromatic heterocycles. The Kier molecular flexibility index (Phi) is 4.31. The zero-order chi connectivity index (χ0) is 19.8. The molecule has 142 valence electrons. The number of aromatic nitrogens is 3. The van der Waals surface area contributed by atoms with Crippen LogP contribution < -0.4 is 15.9 Å². The number of nitrogens with one attached hydrogen (secondary N) is 1. The van der Waals surface area contributed by atoms with E-state index < -0.39 is 6.04 Å². The number of amides is 2. The molecule has 1 aliphatic heterocycles. The first-order chi connectivity index (χ1) is 13.5. The SMILES string of the molecule is Cc1ccccc1N1C(=O)CC(Nc2ccc(-n3ncn(C)c3=O)cc2)C1=O. The van der Waals surface area contributed by atoms with Crippen molar-refractivity contribution in [3.8, 4) is 5.69 Å². The molecule has 1 fully saturated rings. The molecule has 0 spiro atoms. The molecule has 8 heteroatoms. The minimum atomic E-state index is -0.629. The number of aryl methyl sites for hydroxylation is 2. The number of hydrogen-bond donors (Lipinski definition) is 1. The number of rotatable bonds is 4. The van der Waals surface area contributed by atoms with Gasteiger partial charge in [-0.05, 0) is 42.8 Å². The van der Waals surface area contributed by atoms with E-state index in [4.69, 9.17) is 0 Å². The second kappa shape index (κ2) is 6.80. The van der Waals surface area contributed by atoms with E-state index in [9.17, 15) is 14.4 Å². The number of carbonyl (C=O) groups excluding carboxylic acids is 2. The predicted octanol–water partition coefficient (Wildman–Crippen LogP) is 1.62. The molecular weight excluding hydrogens is 358 g/mol. The average Bonchev–Trinajstić information content (AvgIpc) is 3.16. The van der Waals surface area contributed by atoms with Crippen molar-refractivity contribution >= 4 is 23.2 Å². The monoisotopic (exact) mass is 377 g/mol. The summed E-state index contributed by atoms with van der Waals surface area (Å²) in [5.41, 5.74) is 2.55. The summed E-state index contributed by atoms with van der Waals surface area (Å²) in [6.07, 6.45) is 1.53. The molecule has 1 unspecified atom stereocenters. The van der Waals surface area contributed by atoms with Gasteiger partial charge in [0.2, 0.25) is 5.91 Å². The first-order valence-corrected chi connectivity index (χ1v) is 8.86. The van der Waals surface area contributed by atoms with E-state index in [0.29, 0.717) is 17.1 Å². The maximum Gasteiger partial charge on any atom is 0.350 e. The number of hydrogen-bond acceptors (Lipinski definition) is 5. The maximum absolute atomic E-state index is 12.8. The molecule has 1 aliphatic rings. The van der Waals surface area contributed by atoms with Crippen molar-refractivity contribution in [3.63, 3.8) is 0 Å². The zero-order valence-electron chi connectivity index (χ0n) is 15.5. The van der Waals surface area contributed by atoms with Crippen LogP contribution in [0.15, 0.2) is 59.7 Å². The van der Waals surface area contributed by atoms with Crippen LogP contribution in [0.25, 0.3) is 5.69 Å². The van der Waals surface area contributed by atoms with Crippen LogP contribution in [0.1, 0.15) is 12.0 Å². The van der Waals surface area contributed by atoms with Gasteiger partial charge in [0.1, 0.15) is 12.4 Å². The Morgan fingerprint density at radius 1 is 1.04 bits per heavy atom. The Labute approximate surface area is 161 Å². The second-order valence-corrected chi connectivity index (χ2v) is 6.74. The lowest BCUT2D eigenvalue weighted by Gasteiger charge is -2.18. The average molecular weight is 377 g/mol. The summed E-state index contributed by atoms with van der Waals surface area (Å²) in [6.45, 7) is 1.87. The fourth-order valence-corrected chi connectivity index (χ4v) is 3.27. The van der Waals surface area contributed by atoms with Crippen LogP contribution in [-0.4, -0.2) is 32.2 Å². The van der Waals surface area contributed by atoms with Crippen molar-refractivity contribution in [3.05, 3.63) is 70.9 Å². The molecule has 3 aromatic rings. The Bertz CT molecular complexity index is 1110. The van der Waals surface area contributed by atoms with Gasteiger partial charge in [-0.1, -0.05) is 18.2 Å². The molecular formula is C20H19N5O3. The van der Waals surface area contributed by atoms with Gasteiger partial charge in [0.05, 0.1) is 17.8 Å². The van der Waals surface area contributed by atoms with Crippen LogP contribution in [0.3, 0.4) is 0 Å². The minimum Gasteiger partial charge on any atom is -0.373 e. The molecule has 0 radical (unpaired) electrons. The number of anilines is 2. The van der Waals surface area contributed by atoms with Crippen LogP contribution in [-0.2, 0) is 16.6 Å². The van der Waals surface area contributed by atoms with Crippen molar-refractivity contribution in [1.29, 1.82) is 0 Å². The largest absolute Gasteiger partial charge is 0.373 e. The Hall–Kier alpha value is -3.68. The molecule has 28 heavy (non-hydrogen) atoms. The van der Waals surface area contributed by atoms with E-state index in [1.165, 1.54) is 20.5 Å². The molecule has 2 heterocycles. The van der Waals surface area contributed by atoms with E-state index in [-0.39, 0.29) is 23.9 Å². The maximum atomic E-state index is 12.8. The quantitative estimate of drug-likeness (QED) is 0.698. The van der Waals surface area contributed by atoms with E-state index in [0.717, 1.165) is 5.56 Å². The molecule has 1 saturated heterocycles. The van der Waals surface area contributed by atoms with Gasteiger partial charge in [-0.3, -0.25) is 14.2 Å². The fraction of sp³-hybridized carbons (Fsp3) is 0.200. The highest BCUT2D eigenvalue weighted by Crippen LogP contribution is 2.27. The molecule has 0 aliphatic carbocycles. The summed E-state index contributed by atoms with van der Waals surface area (Å²) in [7, 11) is 1.63. The molecule has 1 atom stereocenters. The normalized spacial score (nSPS) is 16.6. The van der Waals surface area contributed by atoms with Gasteiger partial charge in [-0.25, -0.2) is 9.69 Å². The van der Waals surface area contributed by atoms with Crippen molar-refractivity contribution in [2.75, 3.05) is 10.2 Å². The minimum absolute atomic E-state index is 0.0919. The van der Waals surface area contributed by atoms with Gasteiger partial charge in [0, 0.05) is 12.7 Å². The van der Waals surface area contributed by atoms with Gasteiger partial charge in [-0.15, -0.1) is 0 Å².